The van der Waals surface area contributed by atoms with Crippen molar-refractivity contribution in [3.8, 4) is 16.9 Å². The van der Waals surface area contributed by atoms with E-state index >= 15 is 0 Å². The summed E-state index contributed by atoms with van der Waals surface area (Å²) < 4.78 is 0. The fraction of sp³-hybridized carbons (Fsp3) is 0.455. The monoisotopic (exact) mass is 306 g/mol. The van der Waals surface area contributed by atoms with Crippen LogP contribution in [0.2, 0.25) is 0 Å². The smallest absolute Gasteiger partial charge is 0.126 e. The minimum atomic E-state index is 0.532. The predicted octanol–water partition coefficient (Wildman–Crippen LogP) is 6.37. The van der Waals surface area contributed by atoms with Crippen molar-refractivity contribution in [2.24, 2.45) is 0 Å². The van der Waals surface area contributed by atoms with Crippen molar-refractivity contribution in [1.29, 1.82) is 0 Å². The van der Waals surface area contributed by atoms with E-state index in [2.05, 4.69) is 36.4 Å². The molecule has 0 bridgehead atoms. The molecule has 0 aromatic heterocycles. The average Bonchev–Trinajstić information content (AvgIpc) is 3.30. The number of rotatable bonds is 3. The fourth-order valence-electron chi connectivity index (χ4n) is 4.56. The standard InChI is InChI=1S/C22H26O/c23-22-20(17-10-2-1-3-11-17)14-19(16-8-4-5-9-16)15-21(22)18-12-6-7-13-18/h1-3,10-11,14-16,18,23H,4-9,12-13H2. The Labute approximate surface area is 139 Å². The quantitative estimate of drug-likeness (QED) is 0.698. The molecule has 2 aromatic carbocycles. The maximum absolute atomic E-state index is 11.0. The van der Waals surface area contributed by atoms with Crippen LogP contribution >= 0.6 is 0 Å². The number of hydrogen-bond acceptors (Lipinski definition) is 1. The molecular weight excluding hydrogens is 280 g/mol. The Hall–Kier alpha value is -1.76. The molecule has 1 N–H and O–H groups in total. The van der Waals surface area contributed by atoms with Crippen LogP contribution in [0.4, 0.5) is 0 Å². The summed E-state index contributed by atoms with van der Waals surface area (Å²) in [5.74, 6) is 1.78. The molecule has 1 heteroatoms. The first kappa shape index (κ1) is 14.8. The summed E-state index contributed by atoms with van der Waals surface area (Å²) in [4.78, 5) is 0. The third-order valence-electron chi connectivity index (χ3n) is 5.87. The van der Waals surface area contributed by atoms with E-state index in [1.54, 1.807) is 0 Å². The minimum absolute atomic E-state index is 0.532. The summed E-state index contributed by atoms with van der Waals surface area (Å²) in [6, 6.07) is 15.0. The third kappa shape index (κ3) is 2.89. The molecule has 1 nitrogen and oxygen atoms in total. The largest absolute Gasteiger partial charge is 0.507 e. The first-order chi connectivity index (χ1) is 11.3. The van der Waals surface area contributed by atoms with E-state index < -0.39 is 0 Å². The zero-order valence-corrected chi connectivity index (χ0v) is 13.8. The van der Waals surface area contributed by atoms with E-state index in [-0.39, 0.29) is 0 Å². The Morgan fingerprint density at radius 2 is 1.35 bits per heavy atom. The Balaban J connectivity index is 1.83. The fourth-order valence-corrected chi connectivity index (χ4v) is 4.56. The van der Waals surface area contributed by atoms with Crippen molar-refractivity contribution in [2.45, 2.75) is 63.2 Å². The van der Waals surface area contributed by atoms with Gasteiger partial charge in [0.15, 0.2) is 0 Å². The van der Waals surface area contributed by atoms with Gasteiger partial charge < -0.3 is 5.11 Å². The minimum Gasteiger partial charge on any atom is -0.507 e. The first-order valence-electron chi connectivity index (χ1n) is 9.25. The topological polar surface area (TPSA) is 20.2 Å². The molecule has 0 spiro atoms. The lowest BCUT2D eigenvalue weighted by Gasteiger charge is -2.20. The van der Waals surface area contributed by atoms with E-state index in [1.165, 1.54) is 62.5 Å². The van der Waals surface area contributed by atoms with E-state index in [9.17, 15) is 5.11 Å². The Morgan fingerprint density at radius 3 is 2.00 bits per heavy atom. The van der Waals surface area contributed by atoms with Gasteiger partial charge in [-0.2, -0.15) is 0 Å². The molecule has 0 aliphatic heterocycles. The van der Waals surface area contributed by atoms with Crippen LogP contribution in [0.15, 0.2) is 42.5 Å². The van der Waals surface area contributed by atoms with Gasteiger partial charge in [0.1, 0.15) is 5.75 Å². The van der Waals surface area contributed by atoms with Crippen molar-refractivity contribution < 1.29 is 5.11 Å². The van der Waals surface area contributed by atoms with E-state index in [4.69, 9.17) is 0 Å². The lowest BCUT2D eigenvalue weighted by molar-refractivity contribution is 0.462. The highest BCUT2D eigenvalue weighted by Gasteiger charge is 2.25. The molecule has 0 unspecified atom stereocenters. The summed E-state index contributed by atoms with van der Waals surface area (Å²) >= 11 is 0. The summed E-state index contributed by atoms with van der Waals surface area (Å²) in [5, 5.41) is 11.0. The average molecular weight is 306 g/mol. The van der Waals surface area contributed by atoms with Crippen LogP contribution in [0.1, 0.15) is 74.3 Å². The van der Waals surface area contributed by atoms with Gasteiger partial charge in [0.05, 0.1) is 0 Å². The summed E-state index contributed by atoms with van der Waals surface area (Å²) in [7, 11) is 0. The molecule has 0 saturated heterocycles. The second kappa shape index (κ2) is 6.39. The number of benzene rings is 2. The van der Waals surface area contributed by atoms with Crippen LogP contribution in [0.3, 0.4) is 0 Å². The van der Waals surface area contributed by atoms with Gasteiger partial charge in [0, 0.05) is 5.56 Å². The lowest BCUT2D eigenvalue weighted by Crippen LogP contribution is -2.00. The molecule has 0 atom stereocenters. The highest BCUT2D eigenvalue weighted by atomic mass is 16.3. The molecule has 0 amide bonds. The third-order valence-corrected chi connectivity index (χ3v) is 5.87. The van der Waals surface area contributed by atoms with Gasteiger partial charge in [-0.25, -0.2) is 0 Å². The van der Waals surface area contributed by atoms with Crippen molar-refractivity contribution in [2.75, 3.05) is 0 Å². The van der Waals surface area contributed by atoms with Crippen LogP contribution in [0.25, 0.3) is 11.1 Å². The van der Waals surface area contributed by atoms with Crippen molar-refractivity contribution in [1.82, 2.24) is 0 Å². The highest BCUT2D eigenvalue weighted by Crippen LogP contribution is 2.46. The molecule has 2 aromatic rings. The Morgan fingerprint density at radius 1 is 0.739 bits per heavy atom. The Bertz CT molecular complexity index is 662. The number of aromatic hydroxyl groups is 1. The molecule has 2 aliphatic carbocycles. The maximum Gasteiger partial charge on any atom is 0.126 e. The summed E-state index contributed by atoms with van der Waals surface area (Å²) in [6.07, 6.45) is 10.4. The molecule has 23 heavy (non-hydrogen) atoms. The molecule has 2 aliphatic rings. The van der Waals surface area contributed by atoms with Crippen molar-refractivity contribution >= 4 is 0 Å². The van der Waals surface area contributed by atoms with Gasteiger partial charge in [-0.3, -0.25) is 0 Å². The lowest BCUT2D eigenvalue weighted by atomic mass is 9.86. The van der Waals surface area contributed by atoms with Gasteiger partial charge in [-0.15, -0.1) is 0 Å². The molecule has 0 radical (unpaired) electrons. The van der Waals surface area contributed by atoms with Crippen molar-refractivity contribution in [3.63, 3.8) is 0 Å². The van der Waals surface area contributed by atoms with Crippen molar-refractivity contribution in [3.05, 3.63) is 53.6 Å². The van der Waals surface area contributed by atoms with Gasteiger partial charge in [-0.1, -0.05) is 62.1 Å². The van der Waals surface area contributed by atoms with E-state index in [0.29, 0.717) is 17.6 Å². The summed E-state index contributed by atoms with van der Waals surface area (Å²) in [6.45, 7) is 0. The highest BCUT2D eigenvalue weighted by molar-refractivity contribution is 5.73. The van der Waals surface area contributed by atoms with Crippen LogP contribution < -0.4 is 0 Å². The molecule has 4 rings (SSSR count). The van der Waals surface area contributed by atoms with Gasteiger partial charge >= 0.3 is 0 Å². The molecular formula is C22H26O. The molecule has 2 fully saturated rings. The normalized spacial score (nSPS) is 19.5. The van der Waals surface area contributed by atoms with Crippen LogP contribution in [-0.2, 0) is 0 Å². The van der Waals surface area contributed by atoms with Crippen LogP contribution in [-0.4, -0.2) is 5.11 Å². The zero-order valence-electron chi connectivity index (χ0n) is 13.8. The first-order valence-corrected chi connectivity index (χ1v) is 9.25. The second-order valence-corrected chi connectivity index (χ2v) is 7.34. The molecule has 2 saturated carbocycles. The van der Waals surface area contributed by atoms with Crippen LogP contribution in [0, 0.1) is 0 Å². The number of phenolic OH excluding ortho intramolecular Hbond substituents is 1. The number of hydrogen-bond donors (Lipinski definition) is 1. The van der Waals surface area contributed by atoms with E-state index in [0.717, 1.165) is 11.1 Å². The summed E-state index contributed by atoms with van der Waals surface area (Å²) in [5.41, 5.74) is 4.85. The van der Waals surface area contributed by atoms with Gasteiger partial charge in [-0.05, 0) is 60.3 Å². The second-order valence-electron chi connectivity index (χ2n) is 7.34. The Kier molecular flexibility index (Phi) is 4.11. The van der Waals surface area contributed by atoms with Gasteiger partial charge in [0.2, 0.25) is 0 Å². The predicted molar refractivity (Wildman–Crippen MR) is 96.0 cm³/mol. The number of phenols is 1. The van der Waals surface area contributed by atoms with Crippen LogP contribution in [0.5, 0.6) is 5.75 Å². The SMILES string of the molecule is Oc1c(-c2ccccc2)cc(C2CCCC2)cc1C1CCCC1. The van der Waals surface area contributed by atoms with Gasteiger partial charge in [0.25, 0.3) is 0 Å². The maximum atomic E-state index is 11.0. The molecule has 120 valence electrons. The van der Waals surface area contributed by atoms with E-state index in [1.807, 2.05) is 6.07 Å². The molecule has 0 heterocycles. The zero-order chi connectivity index (χ0) is 15.6.